The molecule has 0 aliphatic rings. The topological polar surface area (TPSA) is 143 Å². The minimum Gasteiger partial charge on any atom is -0.573 e. The third-order valence-corrected chi connectivity index (χ3v) is 20.0. The van der Waals surface area contributed by atoms with Gasteiger partial charge in [-0.15, -0.1) is 127 Å². The van der Waals surface area contributed by atoms with Gasteiger partial charge in [-0.2, -0.15) is 0 Å². The predicted octanol–water partition coefficient (Wildman–Crippen LogP) is 20.8. The zero-order chi connectivity index (χ0) is 94.6. The zero-order valence-electron chi connectivity index (χ0n) is 76.0. The first kappa shape index (κ1) is 106. The smallest absolute Gasteiger partial charge is 0.573 e. The van der Waals surface area contributed by atoms with Gasteiger partial charge in [0.15, 0.2) is 37.2 Å². The third kappa shape index (κ3) is 31.4. The minimum atomic E-state index is -0.616. The Labute approximate surface area is 834 Å². The average molecular weight is 2360 g/mol. The molecule has 20 rings (SSSR count). The number of halogens is 7. The van der Waals surface area contributed by atoms with E-state index in [0.29, 0.717) is 22.5 Å². The van der Waals surface area contributed by atoms with Gasteiger partial charge in [-0.05, 0) is 118 Å². The molecular weight excluding hydrogens is 2260 g/mol. The van der Waals surface area contributed by atoms with Gasteiger partial charge in [0, 0.05) is 135 Å². The second-order valence-corrected chi connectivity index (χ2v) is 30.7. The fraction of sp³-hybridized carbons (Fsp3) is 0.0893. The van der Waals surface area contributed by atoms with E-state index in [1.54, 1.807) is 109 Å². The van der Waals surface area contributed by atoms with Crippen LogP contribution in [-0.2, 0) is 108 Å². The van der Waals surface area contributed by atoms with Gasteiger partial charge >= 0.3 is 60.3 Å². The SMILES string of the molecule is CC(C)(C)c1cc(-c2ccccn2)[n-]n1.C[n+]1ccccc1-c1[c-]cc(F)cc1.C[n+]1ccccc1-c1[c-]cc(F)cc1F.C[n+]1ccccc1-c1[c-]cc(F)cc1F.C[n+]1ccccc1-c1[c-]cccc1.C[n+]1ccccc1-c1[c-]cccc1F.C[n+]1ccccc1-c1[c-]cccc1F.[Ir+3].[Ir+3].[Ir+3].c1ccc(-c2cc(-c3ccccn3)[n-]n2)cc1.c1ccc(-c2cc(-c3ccccn3)[n-]n2)cc1. The van der Waals surface area contributed by atoms with Crippen molar-refractivity contribution >= 4 is 0 Å². The van der Waals surface area contributed by atoms with Crippen molar-refractivity contribution in [2.75, 3.05) is 0 Å². The van der Waals surface area contributed by atoms with Gasteiger partial charge in [0.25, 0.3) is 0 Å². The number of aromatic nitrogens is 15. The van der Waals surface area contributed by atoms with Crippen LogP contribution in [0.2, 0.25) is 0 Å². The Morgan fingerprint density at radius 1 is 0.255 bits per heavy atom. The summed E-state index contributed by atoms with van der Waals surface area (Å²) < 4.78 is 103. The summed E-state index contributed by atoms with van der Waals surface area (Å²) in [5.41, 5.74) is 18.8. The van der Waals surface area contributed by atoms with Crippen LogP contribution in [0.1, 0.15) is 26.5 Å². The summed E-state index contributed by atoms with van der Waals surface area (Å²) in [6.07, 6.45) is 16.6. The monoisotopic (exact) mass is 2360 g/mol. The van der Waals surface area contributed by atoms with E-state index in [4.69, 9.17) is 0 Å². The molecule has 8 aromatic carbocycles. The summed E-state index contributed by atoms with van der Waals surface area (Å²) in [5.74, 6) is -3.17. The van der Waals surface area contributed by atoms with Crippen LogP contribution in [0.4, 0.5) is 30.7 Å². The molecule has 0 fully saturated rings. The van der Waals surface area contributed by atoms with Crippen LogP contribution in [-0.4, -0.2) is 30.2 Å². The number of nitrogens with zero attached hydrogens (tertiary/aromatic N) is 15. The first-order valence-corrected chi connectivity index (χ1v) is 42.3. The Morgan fingerprint density at radius 2 is 0.569 bits per heavy atom. The summed E-state index contributed by atoms with van der Waals surface area (Å²) in [4.78, 5) is 12.7. The second-order valence-electron chi connectivity index (χ2n) is 30.7. The summed E-state index contributed by atoms with van der Waals surface area (Å²) in [6, 6.07) is 121. The maximum Gasteiger partial charge on any atom is 3.00 e. The number of hydrogen-bond acceptors (Lipinski definition) is 6. The van der Waals surface area contributed by atoms with E-state index in [-0.39, 0.29) is 94.3 Å². The van der Waals surface area contributed by atoms with E-state index >= 15 is 0 Å². The van der Waals surface area contributed by atoms with E-state index in [1.807, 2.05) is 297 Å². The van der Waals surface area contributed by atoms with Crippen molar-refractivity contribution in [1.29, 1.82) is 0 Å². The van der Waals surface area contributed by atoms with E-state index in [0.717, 1.165) is 115 Å². The second kappa shape index (κ2) is 53.9. The first-order chi connectivity index (χ1) is 65.0. The van der Waals surface area contributed by atoms with Crippen LogP contribution in [0.5, 0.6) is 0 Å². The van der Waals surface area contributed by atoms with Gasteiger partial charge in [0.2, 0.25) is 0 Å². The maximum atomic E-state index is 13.4. The Morgan fingerprint density at radius 3 is 0.876 bits per heavy atom. The van der Waals surface area contributed by atoms with Crippen molar-refractivity contribution in [3.8, 4) is 124 Å². The molecule has 0 aliphatic heterocycles. The van der Waals surface area contributed by atoms with E-state index in [1.165, 1.54) is 30.0 Å². The van der Waals surface area contributed by atoms with Crippen LogP contribution in [0, 0.1) is 77.1 Å². The molecule has 0 atom stereocenters. The molecule has 686 valence electrons. The largest absolute Gasteiger partial charge is 3.00 e. The first-order valence-electron chi connectivity index (χ1n) is 42.3. The summed E-state index contributed by atoms with van der Waals surface area (Å²) in [5, 5.41) is 25.0. The van der Waals surface area contributed by atoms with Crippen LogP contribution < -0.4 is 42.7 Å². The van der Waals surface area contributed by atoms with E-state index < -0.39 is 23.3 Å². The Bertz CT molecular complexity index is 6560. The number of hydrogen-bond donors (Lipinski definition) is 0. The molecule has 25 heteroatoms. The normalized spacial score (nSPS) is 10.2. The van der Waals surface area contributed by atoms with Gasteiger partial charge in [0.05, 0.1) is 0 Å². The summed E-state index contributed by atoms with van der Waals surface area (Å²) >= 11 is 0. The molecule has 0 unspecified atom stereocenters. The molecule has 0 saturated carbocycles. The molecule has 12 heterocycles. The van der Waals surface area contributed by atoms with Crippen molar-refractivity contribution in [2.45, 2.75) is 26.2 Å². The molecule has 0 spiro atoms. The van der Waals surface area contributed by atoms with Crippen molar-refractivity contribution in [1.82, 2.24) is 45.5 Å². The molecule has 0 amide bonds. The van der Waals surface area contributed by atoms with Crippen molar-refractivity contribution in [2.24, 2.45) is 42.3 Å². The molecule has 0 bridgehead atoms. The summed E-state index contributed by atoms with van der Waals surface area (Å²) in [6.45, 7) is 6.37. The fourth-order valence-electron chi connectivity index (χ4n) is 13.0. The molecule has 0 N–H and O–H groups in total. The molecular formula is C112H93F7Ir3N15+6. The number of aryl methyl sites for hydroxylation is 6. The van der Waals surface area contributed by atoms with Crippen LogP contribution in [0.25, 0.3) is 124 Å². The Balaban J connectivity index is 0.000000172. The van der Waals surface area contributed by atoms with Crippen molar-refractivity contribution in [3.63, 3.8) is 0 Å². The van der Waals surface area contributed by atoms with Crippen molar-refractivity contribution in [3.05, 3.63) is 484 Å². The van der Waals surface area contributed by atoms with Gasteiger partial charge in [-0.3, -0.25) is 45.7 Å². The van der Waals surface area contributed by atoms with Gasteiger partial charge in [-0.25, -0.2) is 27.4 Å². The minimum absolute atomic E-state index is 0. The van der Waals surface area contributed by atoms with Crippen molar-refractivity contribution < 1.29 is 118 Å². The molecule has 15 nitrogen and oxygen atoms in total. The summed E-state index contributed by atoms with van der Waals surface area (Å²) in [7, 11) is 11.4. The van der Waals surface area contributed by atoms with Gasteiger partial charge < -0.3 is 30.6 Å². The molecule has 137 heavy (non-hydrogen) atoms. The Kier molecular flexibility index (Phi) is 41.7. The quantitative estimate of drug-likeness (QED) is 0.0702. The number of rotatable bonds is 11. The molecule has 0 saturated heterocycles. The molecule has 0 radical (unpaired) electrons. The zero-order valence-corrected chi connectivity index (χ0v) is 83.1. The number of benzene rings is 8. The average Bonchev–Trinajstić information content (AvgIpc) is 1.17. The van der Waals surface area contributed by atoms with Gasteiger partial charge in [-0.1, -0.05) is 182 Å². The molecule has 12 aromatic heterocycles. The molecule has 0 aliphatic carbocycles. The maximum absolute atomic E-state index is 13.4. The predicted molar refractivity (Wildman–Crippen MR) is 503 cm³/mol. The van der Waals surface area contributed by atoms with Crippen LogP contribution in [0.3, 0.4) is 0 Å². The van der Waals surface area contributed by atoms with Crippen LogP contribution in [0.15, 0.2) is 402 Å². The fourth-order valence-corrected chi connectivity index (χ4v) is 13.0. The molecule has 20 aromatic rings. The number of pyridine rings is 9. The standard InChI is InChI=1S/2C14H10N3.2C12H9F2N.3C12H10FN.C12H14N3.C12H11N.3Ir/c2*1-2-6-11(7-3-1)13-10-14(17-16-13)12-8-4-5-9-15-12;2*1-15-7-3-2-4-12(15)10-6-5-9(13)8-11(10)14;2*1-14-9-5-4-8-12(14)10-6-2-3-7-11(10)13;1-14-9-3-2-4-12(14)10-5-7-11(13)8-6-10;1-12(2,3)11-8-10(14-15-11)9-6-4-5-7-13-9;1-13-10-6-5-9-12(13)11-7-3-2-4-8-11;;;/h2*1-10H;2*2-5,7-8H,1H3;3*2-5,7-9H,1H3;4-8H,1-3H3;2-7,9-10H,1H3;;;/q2*-1;;;;;;-1;;3*+3. The third-order valence-electron chi connectivity index (χ3n) is 20.0. The van der Waals surface area contributed by atoms with E-state index in [2.05, 4.69) is 119 Å². The van der Waals surface area contributed by atoms with Gasteiger partial charge in [0.1, 0.15) is 76.4 Å². The van der Waals surface area contributed by atoms with Crippen LogP contribution >= 0.6 is 0 Å². The Hall–Kier alpha value is -14.8. The van der Waals surface area contributed by atoms with E-state index in [9.17, 15) is 30.7 Å².